The number of fused-ring (bicyclic) bond motifs is 1. The predicted octanol–water partition coefficient (Wildman–Crippen LogP) is 5.13. The maximum Gasteiger partial charge on any atom is 0.252 e. The van der Waals surface area contributed by atoms with E-state index in [0.717, 1.165) is 60.1 Å². The first-order chi connectivity index (χ1) is 17.1. The molecule has 35 heavy (non-hydrogen) atoms. The first kappa shape index (κ1) is 23.4. The average molecular weight is 471 g/mol. The Balaban J connectivity index is 1.48. The summed E-state index contributed by atoms with van der Waals surface area (Å²) in [6.07, 6.45) is 6.47. The van der Waals surface area contributed by atoms with E-state index in [1.165, 1.54) is 18.4 Å². The smallest absolute Gasteiger partial charge is 0.252 e. The SMILES string of the molecule is CCC(c1nnnn1C1CCCC1)N(CCc1ccccc1)Cc1cc2ccc(C)cc2[nH]c1=O. The van der Waals surface area contributed by atoms with Crippen LogP contribution < -0.4 is 5.56 Å². The van der Waals surface area contributed by atoms with Crippen LogP contribution >= 0.6 is 0 Å². The fraction of sp³-hybridized carbons (Fsp3) is 0.429. The van der Waals surface area contributed by atoms with Crippen LogP contribution in [0.2, 0.25) is 0 Å². The number of rotatable bonds is 9. The molecule has 1 saturated carbocycles. The largest absolute Gasteiger partial charge is 0.322 e. The van der Waals surface area contributed by atoms with Gasteiger partial charge >= 0.3 is 0 Å². The molecule has 0 bridgehead atoms. The van der Waals surface area contributed by atoms with Crippen molar-refractivity contribution < 1.29 is 0 Å². The van der Waals surface area contributed by atoms with E-state index >= 15 is 0 Å². The number of aromatic nitrogens is 5. The Morgan fingerprint density at radius 3 is 2.69 bits per heavy atom. The van der Waals surface area contributed by atoms with E-state index in [2.05, 4.69) is 73.4 Å². The Morgan fingerprint density at radius 1 is 1.11 bits per heavy atom. The molecule has 0 amide bonds. The molecule has 0 saturated heterocycles. The molecule has 0 radical (unpaired) electrons. The summed E-state index contributed by atoms with van der Waals surface area (Å²) >= 11 is 0. The molecule has 7 nitrogen and oxygen atoms in total. The van der Waals surface area contributed by atoms with Gasteiger partial charge < -0.3 is 4.98 Å². The fourth-order valence-corrected chi connectivity index (χ4v) is 5.39. The minimum Gasteiger partial charge on any atom is -0.322 e. The minimum atomic E-state index is -0.0296. The Morgan fingerprint density at radius 2 is 1.91 bits per heavy atom. The predicted molar refractivity (Wildman–Crippen MR) is 138 cm³/mol. The van der Waals surface area contributed by atoms with Crippen LogP contribution in [0.15, 0.2) is 59.4 Å². The lowest BCUT2D eigenvalue weighted by atomic mass is 10.1. The lowest BCUT2D eigenvalue weighted by molar-refractivity contribution is 0.169. The van der Waals surface area contributed by atoms with Crippen molar-refractivity contribution in [3.8, 4) is 0 Å². The molecule has 1 fully saturated rings. The number of nitrogens with one attached hydrogen (secondary N) is 1. The van der Waals surface area contributed by atoms with Crippen LogP contribution in [0.25, 0.3) is 10.9 Å². The summed E-state index contributed by atoms with van der Waals surface area (Å²) in [7, 11) is 0. The molecule has 0 aliphatic heterocycles. The maximum absolute atomic E-state index is 13.1. The summed E-state index contributed by atoms with van der Waals surface area (Å²) in [5.74, 6) is 0.917. The van der Waals surface area contributed by atoms with Gasteiger partial charge in [0.2, 0.25) is 0 Å². The van der Waals surface area contributed by atoms with Crippen molar-refractivity contribution in [1.82, 2.24) is 30.1 Å². The molecule has 4 aromatic rings. The second-order valence-electron chi connectivity index (χ2n) is 9.76. The van der Waals surface area contributed by atoms with Crippen molar-refractivity contribution in [2.75, 3.05) is 6.54 Å². The van der Waals surface area contributed by atoms with Gasteiger partial charge in [0.15, 0.2) is 5.82 Å². The number of nitrogens with zero attached hydrogens (tertiary/aromatic N) is 5. The first-order valence-electron chi connectivity index (χ1n) is 12.8. The van der Waals surface area contributed by atoms with Gasteiger partial charge in [-0.1, -0.05) is 62.2 Å². The highest BCUT2D eigenvalue weighted by molar-refractivity contribution is 5.79. The van der Waals surface area contributed by atoms with Crippen LogP contribution in [0.3, 0.4) is 0 Å². The number of aryl methyl sites for hydroxylation is 1. The fourth-order valence-electron chi connectivity index (χ4n) is 5.39. The van der Waals surface area contributed by atoms with Crippen molar-refractivity contribution in [1.29, 1.82) is 0 Å². The lowest BCUT2D eigenvalue weighted by Crippen LogP contribution is -2.34. The van der Waals surface area contributed by atoms with Crippen molar-refractivity contribution in [2.24, 2.45) is 0 Å². The molecule has 2 aromatic carbocycles. The zero-order valence-electron chi connectivity index (χ0n) is 20.7. The Kier molecular flexibility index (Phi) is 7.04. The van der Waals surface area contributed by atoms with Gasteiger partial charge in [0.05, 0.1) is 12.1 Å². The molecule has 2 aromatic heterocycles. The van der Waals surface area contributed by atoms with Gasteiger partial charge in [0.25, 0.3) is 5.56 Å². The van der Waals surface area contributed by atoms with Crippen LogP contribution in [0.1, 0.15) is 73.6 Å². The van der Waals surface area contributed by atoms with Gasteiger partial charge in [-0.25, -0.2) is 4.68 Å². The second kappa shape index (κ2) is 10.5. The third kappa shape index (κ3) is 5.20. The number of benzene rings is 2. The molecule has 1 unspecified atom stereocenters. The molecular weight excluding hydrogens is 436 g/mol. The highest BCUT2D eigenvalue weighted by Gasteiger charge is 2.29. The average Bonchev–Trinajstić information content (AvgIpc) is 3.56. The molecule has 1 atom stereocenters. The zero-order chi connectivity index (χ0) is 24.2. The van der Waals surface area contributed by atoms with Gasteiger partial charge in [0, 0.05) is 24.2 Å². The molecule has 5 rings (SSSR count). The summed E-state index contributed by atoms with van der Waals surface area (Å²) in [4.78, 5) is 18.6. The normalized spacial score (nSPS) is 15.3. The Labute approximate surface area is 206 Å². The van der Waals surface area contributed by atoms with Crippen molar-refractivity contribution in [2.45, 2.75) is 71.0 Å². The quantitative estimate of drug-likeness (QED) is 0.367. The van der Waals surface area contributed by atoms with Crippen molar-refractivity contribution in [3.63, 3.8) is 0 Å². The summed E-state index contributed by atoms with van der Waals surface area (Å²) in [5.41, 5.74) is 4.04. The van der Waals surface area contributed by atoms with E-state index in [9.17, 15) is 4.79 Å². The molecule has 7 heteroatoms. The lowest BCUT2D eigenvalue weighted by Gasteiger charge is -2.31. The molecule has 1 aliphatic carbocycles. The Bertz CT molecular complexity index is 1320. The Hall–Kier alpha value is -3.32. The number of hydrogen-bond donors (Lipinski definition) is 1. The van der Waals surface area contributed by atoms with Gasteiger partial charge in [0.1, 0.15) is 0 Å². The topological polar surface area (TPSA) is 79.7 Å². The van der Waals surface area contributed by atoms with Crippen LogP contribution in [0, 0.1) is 6.92 Å². The number of hydrogen-bond acceptors (Lipinski definition) is 5. The summed E-state index contributed by atoms with van der Waals surface area (Å²) in [6.45, 7) is 5.58. The van der Waals surface area contributed by atoms with Crippen LogP contribution in [-0.2, 0) is 13.0 Å². The van der Waals surface area contributed by atoms with E-state index in [1.54, 1.807) is 0 Å². The van der Waals surface area contributed by atoms with E-state index in [4.69, 9.17) is 0 Å². The van der Waals surface area contributed by atoms with Crippen molar-refractivity contribution in [3.05, 3.63) is 87.5 Å². The third-order valence-electron chi connectivity index (χ3n) is 7.30. The van der Waals surface area contributed by atoms with Crippen LogP contribution in [0.4, 0.5) is 0 Å². The molecule has 1 N–H and O–H groups in total. The van der Waals surface area contributed by atoms with Crippen LogP contribution in [0.5, 0.6) is 0 Å². The monoisotopic (exact) mass is 470 g/mol. The molecular formula is C28H34N6O. The number of H-pyrrole nitrogens is 1. The minimum absolute atomic E-state index is 0.0296. The summed E-state index contributed by atoms with van der Waals surface area (Å²) in [5, 5.41) is 14.0. The number of pyridine rings is 1. The van der Waals surface area contributed by atoms with Gasteiger partial charge in [-0.15, -0.1) is 5.10 Å². The number of tetrazole rings is 1. The van der Waals surface area contributed by atoms with Gasteiger partial charge in [-0.3, -0.25) is 9.69 Å². The molecule has 1 aliphatic rings. The van der Waals surface area contributed by atoms with E-state index in [1.807, 2.05) is 25.1 Å². The molecule has 0 spiro atoms. The summed E-state index contributed by atoms with van der Waals surface area (Å²) < 4.78 is 2.06. The molecule has 182 valence electrons. The second-order valence-corrected chi connectivity index (χ2v) is 9.76. The molecule has 2 heterocycles. The van der Waals surface area contributed by atoms with E-state index in [0.29, 0.717) is 12.6 Å². The van der Waals surface area contributed by atoms with E-state index < -0.39 is 0 Å². The van der Waals surface area contributed by atoms with Gasteiger partial charge in [-0.2, -0.15) is 0 Å². The van der Waals surface area contributed by atoms with Crippen LogP contribution in [-0.4, -0.2) is 36.6 Å². The van der Waals surface area contributed by atoms with Gasteiger partial charge in [-0.05, 0) is 71.7 Å². The zero-order valence-corrected chi connectivity index (χ0v) is 20.7. The summed E-state index contributed by atoms with van der Waals surface area (Å²) in [6, 6.07) is 19.1. The van der Waals surface area contributed by atoms with Crippen molar-refractivity contribution >= 4 is 10.9 Å². The third-order valence-corrected chi connectivity index (χ3v) is 7.30. The highest BCUT2D eigenvalue weighted by Crippen LogP contribution is 2.33. The maximum atomic E-state index is 13.1. The number of aromatic amines is 1. The standard InChI is InChI=1S/C28H34N6O/c1-3-26(27-30-31-32-34(27)24-11-7-8-12-24)33(16-15-21-9-5-4-6-10-21)19-23-18-22-14-13-20(2)17-25(22)29-28(23)35/h4-6,9-10,13-14,17-18,24,26H,3,7-8,11-12,15-16,19H2,1-2H3,(H,29,35). The van der Waals surface area contributed by atoms with E-state index in [-0.39, 0.29) is 11.6 Å². The highest BCUT2D eigenvalue weighted by atomic mass is 16.1. The first-order valence-corrected chi connectivity index (χ1v) is 12.8.